The molecule has 0 aromatic heterocycles. The maximum atomic E-state index is 13.3. The van der Waals surface area contributed by atoms with Gasteiger partial charge in [-0.25, -0.2) is 0 Å². The lowest BCUT2D eigenvalue weighted by atomic mass is 10.0. The number of fused-ring (bicyclic) bond motifs is 1. The Labute approximate surface area is 157 Å². The van der Waals surface area contributed by atoms with Gasteiger partial charge in [0.2, 0.25) is 0 Å². The molecule has 136 valence electrons. The zero-order valence-electron chi connectivity index (χ0n) is 14.9. The van der Waals surface area contributed by atoms with E-state index in [-0.39, 0.29) is 17.8 Å². The Balaban J connectivity index is 1.79. The minimum atomic E-state index is -0.383. The van der Waals surface area contributed by atoms with Gasteiger partial charge in [-0.05, 0) is 61.0 Å². The van der Waals surface area contributed by atoms with E-state index in [1.54, 1.807) is 17.0 Å². The number of carbonyl (C=O) groups is 1. The molecule has 1 amide bonds. The largest absolute Gasteiger partial charge is 0.508 e. The molecule has 2 N–H and O–H groups in total. The second-order valence-electron chi connectivity index (χ2n) is 6.29. The lowest BCUT2D eigenvalue weighted by Gasteiger charge is -2.38. The summed E-state index contributed by atoms with van der Waals surface area (Å²) < 4.78 is 5.51. The van der Waals surface area contributed by atoms with E-state index in [0.717, 1.165) is 22.7 Å². The van der Waals surface area contributed by atoms with Crippen molar-refractivity contribution in [1.82, 2.24) is 0 Å². The van der Waals surface area contributed by atoms with Gasteiger partial charge in [0.1, 0.15) is 17.7 Å². The fourth-order valence-electron chi connectivity index (χ4n) is 3.28. The number of amides is 1. The van der Waals surface area contributed by atoms with Gasteiger partial charge >= 0.3 is 0 Å². The highest BCUT2D eigenvalue weighted by molar-refractivity contribution is 6.12. The first-order valence-electron chi connectivity index (χ1n) is 8.88. The Morgan fingerprint density at radius 3 is 2.41 bits per heavy atom. The number of rotatable bonds is 4. The highest BCUT2D eigenvalue weighted by Crippen LogP contribution is 2.37. The van der Waals surface area contributed by atoms with E-state index in [4.69, 9.17) is 4.74 Å². The number of anilines is 2. The lowest BCUT2D eigenvalue weighted by Crippen LogP contribution is -2.43. The smallest absolute Gasteiger partial charge is 0.262 e. The standard InChI is InChI=1S/C22H20N2O3/c1-2-27-18-13-9-16(10-14-18)24-21(15-7-11-17(25)12-8-15)23-20-6-4-3-5-19(20)22(24)26/h3-14,21,23,25H,2H2,1H3/t21-/m0/s1. The number of nitrogens with one attached hydrogen (secondary N) is 1. The van der Waals surface area contributed by atoms with Gasteiger partial charge in [-0.1, -0.05) is 24.3 Å². The number of carbonyl (C=O) groups excluding carboxylic acids is 1. The van der Waals surface area contributed by atoms with Crippen LogP contribution < -0.4 is 15.0 Å². The van der Waals surface area contributed by atoms with Crippen molar-refractivity contribution >= 4 is 17.3 Å². The fraction of sp³-hybridized carbons (Fsp3) is 0.136. The number of hydrogen-bond acceptors (Lipinski definition) is 4. The molecule has 4 rings (SSSR count). The molecule has 0 radical (unpaired) electrons. The molecule has 1 heterocycles. The van der Waals surface area contributed by atoms with E-state index in [2.05, 4.69) is 5.32 Å². The molecule has 5 heteroatoms. The van der Waals surface area contributed by atoms with Gasteiger partial charge in [-0.2, -0.15) is 0 Å². The van der Waals surface area contributed by atoms with Gasteiger partial charge in [-0.15, -0.1) is 0 Å². The van der Waals surface area contributed by atoms with Crippen LogP contribution in [0.4, 0.5) is 11.4 Å². The number of benzene rings is 3. The van der Waals surface area contributed by atoms with Crippen LogP contribution in [0.1, 0.15) is 29.0 Å². The molecule has 1 aliphatic heterocycles. The van der Waals surface area contributed by atoms with Crippen LogP contribution in [-0.4, -0.2) is 17.6 Å². The van der Waals surface area contributed by atoms with Crippen LogP contribution in [0.25, 0.3) is 0 Å². The average Bonchev–Trinajstić information content (AvgIpc) is 2.70. The maximum Gasteiger partial charge on any atom is 0.262 e. The summed E-state index contributed by atoms with van der Waals surface area (Å²) in [5, 5.41) is 13.1. The van der Waals surface area contributed by atoms with Crippen molar-refractivity contribution in [3.05, 3.63) is 83.9 Å². The minimum absolute atomic E-state index is 0.0772. The highest BCUT2D eigenvalue weighted by atomic mass is 16.5. The number of phenols is 1. The molecule has 0 saturated heterocycles. The Morgan fingerprint density at radius 2 is 1.70 bits per heavy atom. The Kier molecular flexibility index (Phi) is 4.42. The summed E-state index contributed by atoms with van der Waals surface area (Å²) in [4.78, 5) is 15.0. The van der Waals surface area contributed by atoms with Crippen LogP contribution in [0.5, 0.6) is 11.5 Å². The highest BCUT2D eigenvalue weighted by Gasteiger charge is 2.33. The number of para-hydroxylation sites is 1. The molecule has 5 nitrogen and oxygen atoms in total. The summed E-state index contributed by atoms with van der Waals surface area (Å²) in [5.74, 6) is 0.876. The van der Waals surface area contributed by atoms with Gasteiger partial charge < -0.3 is 15.2 Å². The fourth-order valence-corrected chi connectivity index (χ4v) is 3.28. The number of nitrogens with zero attached hydrogens (tertiary/aromatic N) is 1. The summed E-state index contributed by atoms with van der Waals surface area (Å²) in [5.41, 5.74) is 3.07. The monoisotopic (exact) mass is 360 g/mol. The molecule has 3 aromatic carbocycles. The molecule has 3 aromatic rings. The van der Waals surface area contributed by atoms with Crippen LogP contribution in [-0.2, 0) is 0 Å². The van der Waals surface area contributed by atoms with Gasteiger partial charge in [-0.3, -0.25) is 9.69 Å². The summed E-state index contributed by atoms with van der Waals surface area (Å²) in [6.07, 6.45) is -0.383. The van der Waals surface area contributed by atoms with Crippen molar-refractivity contribution in [2.75, 3.05) is 16.8 Å². The molecule has 0 aliphatic carbocycles. The number of aromatic hydroxyl groups is 1. The lowest BCUT2D eigenvalue weighted by molar-refractivity contribution is 0.0975. The molecule has 0 saturated carbocycles. The maximum absolute atomic E-state index is 13.3. The van der Waals surface area contributed by atoms with Crippen molar-refractivity contribution in [1.29, 1.82) is 0 Å². The van der Waals surface area contributed by atoms with E-state index in [1.807, 2.05) is 67.6 Å². The van der Waals surface area contributed by atoms with Gasteiger partial charge in [0.15, 0.2) is 0 Å². The SMILES string of the molecule is CCOc1ccc(N2C(=O)c3ccccc3N[C@@H]2c2ccc(O)cc2)cc1. The van der Waals surface area contributed by atoms with Crippen LogP contribution in [0.2, 0.25) is 0 Å². The van der Waals surface area contributed by atoms with E-state index in [0.29, 0.717) is 12.2 Å². The normalized spacial score (nSPS) is 15.8. The second kappa shape index (κ2) is 7.03. The number of ether oxygens (including phenoxy) is 1. The predicted molar refractivity (Wildman–Crippen MR) is 105 cm³/mol. The molecular formula is C22H20N2O3. The number of hydrogen-bond donors (Lipinski definition) is 2. The Bertz CT molecular complexity index is 952. The molecule has 0 unspecified atom stereocenters. The first kappa shape index (κ1) is 17.0. The van der Waals surface area contributed by atoms with Gasteiger partial charge in [0, 0.05) is 11.4 Å². The first-order valence-corrected chi connectivity index (χ1v) is 8.88. The quantitative estimate of drug-likeness (QED) is 0.716. The van der Waals surface area contributed by atoms with Crippen molar-refractivity contribution in [3.63, 3.8) is 0 Å². The summed E-state index contributed by atoms with van der Waals surface area (Å²) in [6, 6.07) is 21.8. The molecule has 1 atom stereocenters. The van der Waals surface area contributed by atoms with Crippen LogP contribution in [0.15, 0.2) is 72.8 Å². The van der Waals surface area contributed by atoms with Crippen LogP contribution >= 0.6 is 0 Å². The Morgan fingerprint density at radius 1 is 1.00 bits per heavy atom. The third kappa shape index (κ3) is 3.19. The van der Waals surface area contributed by atoms with Crippen LogP contribution in [0.3, 0.4) is 0 Å². The molecular weight excluding hydrogens is 340 g/mol. The summed E-state index contributed by atoms with van der Waals surface area (Å²) in [6.45, 7) is 2.52. The second-order valence-corrected chi connectivity index (χ2v) is 6.29. The third-order valence-corrected chi connectivity index (χ3v) is 4.56. The average molecular weight is 360 g/mol. The molecule has 0 fully saturated rings. The van der Waals surface area contributed by atoms with Gasteiger partial charge in [0.25, 0.3) is 5.91 Å². The number of phenolic OH excluding ortho intramolecular Hbond substituents is 1. The van der Waals surface area contributed by atoms with Gasteiger partial charge in [0.05, 0.1) is 12.2 Å². The summed E-state index contributed by atoms with van der Waals surface area (Å²) in [7, 11) is 0. The van der Waals surface area contributed by atoms with Crippen molar-refractivity contribution in [2.45, 2.75) is 13.1 Å². The summed E-state index contributed by atoms with van der Waals surface area (Å²) >= 11 is 0. The minimum Gasteiger partial charge on any atom is -0.508 e. The van der Waals surface area contributed by atoms with E-state index in [1.165, 1.54) is 0 Å². The Hall–Kier alpha value is -3.47. The first-order chi connectivity index (χ1) is 13.2. The van der Waals surface area contributed by atoms with Crippen LogP contribution in [0, 0.1) is 0 Å². The zero-order chi connectivity index (χ0) is 18.8. The van der Waals surface area contributed by atoms with Crippen molar-refractivity contribution in [2.24, 2.45) is 0 Å². The molecule has 0 spiro atoms. The topological polar surface area (TPSA) is 61.8 Å². The van der Waals surface area contributed by atoms with E-state index < -0.39 is 0 Å². The zero-order valence-corrected chi connectivity index (χ0v) is 14.9. The van der Waals surface area contributed by atoms with Crippen molar-refractivity contribution in [3.8, 4) is 11.5 Å². The van der Waals surface area contributed by atoms with Crippen molar-refractivity contribution < 1.29 is 14.6 Å². The third-order valence-electron chi connectivity index (χ3n) is 4.56. The molecule has 0 bridgehead atoms. The predicted octanol–water partition coefficient (Wildman–Crippen LogP) is 4.56. The molecule has 27 heavy (non-hydrogen) atoms. The van der Waals surface area contributed by atoms with E-state index in [9.17, 15) is 9.90 Å². The van der Waals surface area contributed by atoms with E-state index >= 15 is 0 Å². The molecule has 1 aliphatic rings.